The van der Waals surface area contributed by atoms with Crippen LogP contribution in [0.2, 0.25) is 0 Å². The maximum Gasteiger partial charge on any atom is 0.311 e. The lowest BCUT2D eigenvalue weighted by Gasteiger charge is -2.19. The summed E-state index contributed by atoms with van der Waals surface area (Å²) in [5, 5.41) is 21.0. The van der Waals surface area contributed by atoms with Crippen LogP contribution in [0.4, 0.5) is 0 Å². The average Bonchev–Trinajstić information content (AvgIpc) is 3.20. The van der Waals surface area contributed by atoms with Gasteiger partial charge in [0.1, 0.15) is 6.10 Å². The molecule has 1 heterocycles. The summed E-state index contributed by atoms with van der Waals surface area (Å²) < 4.78 is 11.6. The van der Waals surface area contributed by atoms with Crippen LogP contribution in [0.1, 0.15) is 57.9 Å². The van der Waals surface area contributed by atoms with Crippen LogP contribution in [0.5, 0.6) is 11.5 Å². The molecule has 6 atom stereocenters. The van der Waals surface area contributed by atoms with Crippen molar-refractivity contribution in [2.45, 2.75) is 70.7 Å². The van der Waals surface area contributed by atoms with Crippen molar-refractivity contribution in [3.8, 4) is 23.3 Å². The standard InChI is InChI=1S/C24H30O5/c1-4-6-9-15(3)18(25)13-12-16-19(26)14-21-23(16)17-10-7-11-20(24(17)29-21)28-22(27)8-5-2/h7,10-13,15-16,18-19,21,23,25-26H,5,8-9,14H2,1-3H3/t15?,16-,18+,19+,21-,23-/m0/s1. The van der Waals surface area contributed by atoms with Crippen LogP contribution in [0, 0.1) is 23.7 Å². The van der Waals surface area contributed by atoms with E-state index in [-0.39, 0.29) is 29.8 Å². The molecule has 1 aliphatic heterocycles. The second kappa shape index (κ2) is 9.47. The van der Waals surface area contributed by atoms with Crippen LogP contribution in [0.3, 0.4) is 0 Å². The molecule has 156 valence electrons. The molecule has 0 radical (unpaired) electrons. The minimum Gasteiger partial charge on any atom is -0.485 e. The number of carbonyl (C=O) groups excluding carboxylic acids is 1. The molecule has 1 saturated carbocycles. The first-order valence-corrected chi connectivity index (χ1v) is 10.4. The lowest BCUT2D eigenvalue weighted by Crippen LogP contribution is -2.19. The summed E-state index contributed by atoms with van der Waals surface area (Å²) in [5.41, 5.74) is 0.947. The molecular weight excluding hydrogens is 368 g/mol. The Morgan fingerprint density at radius 1 is 1.45 bits per heavy atom. The maximum atomic E-state index is 11.9. The molecular formula is C24H30O5. The zero-order valence-corrected chi connectivity index (χ0v) is 17.3. The van der Waals surface area contributed by atoms with Crippen molar-refractivity contribution in [3.63, 3.8) is 0 Å². The quantitative estimate of drug-likeness (QED) is 0.318. The smallest absolute Gasteiger partial charge is 0.311 e. The molecule has 0 amide bonds. The summed E-state index contributed by atoms with van der Waals surface area (Å²) in [7, 11) is 0. The van der Waals surface area contributed by atoms with E-state index in [2.05, 4.69) is 11.8 Å². The van der Waals surface area contributed by atoms with E-state index >= 15 is 0 Å². The van der Waals surface area contributed by atoms with Gasteiger partial charge in [-0.2, -0.15) is 0 Å². The fourth-order valence-corrected chi connectivity index (χ4v) is 4.15. The Morgan fingerprint density at radius 2 is 2.24 bits per heavy atom. The largest absolute Gasteiger partial charge is 0.485 e. The van der Waals surface area contributed by atoms with Crippen LogP contribution in [0.25, 0.3) is 0 Å². The molecule has 3 rings (SSSR count). The first-order chi connectivity index (χ1) is 14.0. The van der Waals surface area contributed by atoms with Crippen molar-refractivity contribution in [1.82, 2.24) is 0 Å². The Kier molecular flexibility index (Phi) is 7.00. The highest BCUT2D eigenvalue weighted by molar-refractivity contribution is 5.73. The highest BCUT2D eigenvalue weighted by atomic mass is 16.6. The SMILES string of the molecule is CC#CCC(C)[C@H](O)C=C[C@@H]1[C@H]2c3cccc(OC(=O)CCC)c3O[C@H]2C[C@H]1O. The molecule has 1 aromatic carbocycles. The monoisotopic (exact) mass is 398 g/mol. The van der Waals surface area contributed by atoms with Crippen molar-refractivity contribution < 1.29 is 24.5 Å². The number of esters is 1. The zero-order chi connectivity index (χ0) is 21.0. The summed E-state index contributed by atoms with van der Waals surface area (Å²) in [4.78, 5) is 11.9. The number of aliphatic hydroxyl groups excluding tert-OH is 2. The van der Waals surface area contributed by atoms with E-state index in [9.17, 15) is 15.0 Å². The van der Waals surface area contributed by atoms with Crippen molar-refractivity contribution in [1.29, 1.82) is 0 Å². The number of rotatable bonds is 7. The average molecular weight is 398 g/mol. The fraction of sp³-hybridized carbons (Fsp3) is 0.542. The highest BCUT2D eigenvalue weighted by Gasteiger charge is 2.49. The third-order valence-electron chi connectivity index (χ3n) is 5.76. The molecule has 1 aromatic rings. The molecule has 5 heteroatoms. The van der Waals surface area contributed by atoms with Gasteiger partial charge >= 0.3 is 5.97 Å². The van der Waals surface area contributed by atoms with Crippen LogP contribution in [0.15, 0.2) is 30.4 Å². The van der Waals surface area contributed by atoms with E-state index in [1.165, 1.54) is 0 Å². The molecule has 1 unspecified atom stereocenters. The van der Waals surface area contributed by atoms with Crippen molar-refractivity contribution in [2.24, 2.45) is 11.8 Å². The number of ether oxygens (including phenoxy) is 2. The first-order valence-electron chi connectivity index (χ1n) is 10.4. The molecule has 0 aromatic heterocycles. The molecule has 0 bridgehead atoms. The van der Waals surface area contributed by atoms with Crippen molar-refractivity contribution in [3.05, 3.63) is 35.9 Å². The molecule has 1 aliphatic carbocycles. The van der Waals surface area contributed by atoms with Crippen molar-refractivity contribution in [2.75, 3.05) is 0 Å². The van der Waals surface area contributed by atoms with Crippen molar-refractivity contribution >= 4 is 5.97 Å². The molecule has 0 spiro atoms. The van der Waals surface area contributed by atoms with Crippen LogP contribution in [-0.4, -0.2) is 34.5 Å². The van der Waals surface area contributed by atoms with E-state index in [0.29, 0.717) is 30.8 Å². The van der Waals surface area contributed by atoms with E-state index in [4.69, 9.17) is 9.47 Å². The fourth-order valence-electron chi connectivity index (χ4n) is 4.15. The maximum absolute atomic E-state index is 11.9. The molecule has 0 saturated heterocycles. The van der Waals surface area contributed by atoms with Gasteiger partial charge in [0.2, 0.25) is 0 Å². The Bertz CT molecular complexity index is 818. The number of fused-ring (bicyclic) bond motifs is 3. The number of benzene rings is 1. The minimum absolute atomic E-state index is 0.0183. The molecule has 2 N–H and O–H groups in total. The number of carbonyl (C=O) groups is 1. The Hall–Kier alpha value is -2.29. The van der Waals surface area contributed by atoms with Gasteiger partial charge in [0.15, 0.2) is 11.5 Å². The topological polar surface area (TPSA) is 76.0 Å². The lowest BCUT2D eigenvalue weighted by molar-refractivity contribution is -0.134. The molecule has 5 nitrogen and oxygen atoms in total. The number of hydrogen-bond donors (Lipinski definition) is 2. The zero-order valence-electron chi connectivity index (χ0n) is 17.3. The van der Waals surface area contributed by atoms with Gasteiger partial charge < -0.3 is 19.7 Å². The first kappa shape index (κ1) is 21.4. The van der Waals surface area contributed by atoms with E-state index in [0.717, 1.165) is 12.0 Å². The number of hydrogen-bond acceptors (Lipinski definition) is 5. The van der Waals surface area contributed by atoms with Gasteiger partial charge in [0.25, 0.3) is 0 Å². The van der Waals surface area contributed by atoms with Gasteiger partial charge in [-0.25, -0.2) is 0 Å². The summed E-state index contributed by atoms with van der Waals surface area (Å²) in [6, 6.07) is 5.56. The summed E-state index contributed by atoms with van der Waals surface area (Å²) in [5.74, 6) is 6.44. The van der Waals surface area contributed by atoms with E-state index < -0.39 is 12.2 Å². The number of para-hydroxylation sites is 1. The second-order valence-electron chi connectivity index (χ2n) is 7.94. The van der Waals surface area contributed by atoms with E-state index in [1.807, 2.05) is 32.1 Å². The Morgan fingerprint density at radius 3 is 2.97 bits per heavy atom. The summed E-state index contributed by atoms with van der Waals surface area (Å²) >= 11 is 0. The van der Waals surface area contributed by atoms with Gasteiger partial charge in [-0.05, 0) is 25.3 Å². The highest BCUT2D eigenvalue weighted by Crippen LogP contribution is 2.53. The van der Waals surface area contributed by atoms with Crippen LogP contribution in [-0.2, 0) is 4.79 Å². The summed E-state index contributed by atoms with van der Waals surface area (Å²) in [6.45, 7) is 5.67. The minimum atomic E-state index is -0.620. The third kappa shape index (κ3) is 4.66. The predicted molar refractivity (Wildman–Crippen MR) is 111 cm³/mol. The van der Waals surface area contributed by atoms with Gasteiger partial charge in [-0.1, -0.05) is 38.1 Å². The van der Waals surface area contributed by atoms with E-state index in [1.54, 1.807) is 19.1 Å². The molecule has 29 heavy (non-hydrogen) atoms. The predicted octanol–water partition coefficient (Wildman–Crippen LogP) is 3.58. The Balaban J connectivity index is 1.78. The third-order valence-corrected chi connectivity index (χ3v) is 5.76. The van der Waals surface area contributed by atoms with Gasteiger partial charge in [0, 0.05) is 36.7 Å². The van der Waals surface area contributed by atoms with Gasteiger partial charge in [0.05, 0.1) is 12.2 Å². The van der Waals surface area contributed by atoms with Crippen LogP contribution >= 0.6 is 0 Å². The lowest BCUT2D eigenvalue weighted by atomic mass is 9.87. The second-order valence-corrected chi connectivity index (χ2v) is 7.94. The van der Waals surface area contributed by atoms with Gasteiger partial charge in [-0.3, -0.25) is 4.79 Å². The van der Waals surface area contributed by atoms with Crippen LogP contribution < -0.4 is 9.47 Å². The molecule has 2 aliphatic rings. The molecule has 1 fully saturated rings. The Labute approximate surface area is 172 Å². The summed E-state index contributed by atoms with van der Waals surface area (Å²) in [6.07, 6.45) is 4.56. The normalized spacial score (nSPS) is 26.8. The van der Waals surface area contributed by atoms with Gasteiger partial charge in [-0.15, -0.1) is 11.8 Å². The number of aliphatic hydroxyl groups is 2.